The van der Waals surface area contributed by atoms with Crippen LogP contribution in [0.2, 0.25) is 0 Å². The van der Waals surface area contributed by atoms with Crippen molar-refractivity contribution in [1.29, 1.82) is 0 Å². The second-order valence-electron chi connectivity index (χ2n) is 15.1. The van der Waals surface area contributed by atoms with E-state index in [0.29, 0.717) is 17.7 Å². The molecule has 0 saturated heterocycles. The summed E-state index contributed by atoms with van der Waals surface area (Å²) in [4.78, 5) is 101. The monoisotopic (exact) mass is 842 g/mol. The van der Waals surface area contributed by atoms with Gasteiger partial charge in [0.05, 0.1) is 0 Å². The first kappa shape index (κ1) is 46.8. The van der Waals surface area contributed by atoms with Crippen molar-refractivity contribution in [2.45, 2.75) is 77.1 Å². The van der Waals surface area contributed by atoms with Crippen LogP contribution in [0.3, 0.4) is 0 Å². The van der Waals surface area contributed by atoms with Gasteiger partial charge in [-0.25, -0.2) is 14.4 Å². The average molecular weight is 843 g/mol. The van der Waals surface area contributed by atoms with Gasteiger partial charge in [-0.05, 0) is 72.1 Å². The van der Waals surface area contributed by atoms with Crippen LogP contribution in [0.15, 0.2) is 78.0 Å². The Kier molecular flexibility index (Phi) is 17.3. The highest BCUT2D eigenvalue weighted by Crippen LogP contribution is 2.44. The molecule has 0 spiro atoms. The summed E-state index contributed by atoms with van der Waals surface area (Å²) in [6, 6.07) is 18.5. The fourth-order valence-electron chi connectivity index (χ4n) is 6.71. The number of nitrogens with zero attached hydrogens (tertiary/aromatic N) is 3. The number of primary amides is 1. The minimum absolute atomic E-state index is 0.0308. The minimum Gasteiger partial charge on any atom is -0.449 e. The predicted molar refractivity (Wildman–Crippen MR) is 226 cm³/mol. The van der Waals surface area contributed by atoms with Gasteiger partial charge in [-0.1, -0.05) is 74.5 Å². The highest BCUT2D eigenvalue weighted by atomic mass is 16.6. The highest BCUT2D eigenvalue weighted by Gasteiger charge is 2.32. The van der Waals surface area contributed by atoms with E-state index in [-0.39, 0.29) is 63.3 Å². The second-order valence-corrected chi connectivity index (χ2v) is 15.1. The van der Waals surface area contributed by atoms with Gasteiger partial charge in [0.25, 0.3) is 0 Å². The molecule has 0 heterocycles. The minimum atomic E-state index is -1.07. The third-order valence-corrected chi connectivity index (χ3v) is 10.4. The van der Waals surface area contributed by atoms with E-state index < -0.39 is 54.1 Å². The lowest BCUT2D eigenvalue weighted by atomic mass is 9.98. The van der Waals surface area contributed by atoms with Crippen LogP contribution in [-0.2, 0) is 35.3 Å². The van der Waals surface area contributed by atoms with Crippen LogP contribution in [0.4, 0.5) is 20.1 Å². The van der Waals surface area contributed by atoms with Crippen LogP contribution in [0.5, 0.6) is 0 Å². The molecule has 326 valence electrons. The van der Waals surface area contributed by atoms with Gasteiger partial charge in [-0.2, -0.15) is 0 Å². The number of anilines is 1. The van der Waals surface area contributed by atoms with Crippen molar-refractivity contribution < 1.29 is 43.0 Å². The zero-order valence-electron chi connectivity index (χ0n) is 35.0. The molecular formula is C43H54N8O10. The number of hydrogen-bond acceptors (Lipinski definition) is 10. The maximum Gasteiger partial charge on any atom is 0.409 e. The van der Waals surface area contributed by atoms with Crippen LogP contribution in [-0.4, -0.2) is 104 Å². The molecule has 3 aromatic carbocycles. The SMILES string of the molecule is CC(C)C(NC(=O)OCC1c2ccccc2-c2ccccc21)C(=O)N[C@@H](CCCNC(N)=O)C(=O)Nc1ccc(COC(=O)N(C)CCCC(=O)N(C)[C@@H](C)C(=O)N=O)cc1. The number of hydrogen-bond donors (Lipinski definition) is 5. The Hall–Kier alpha value is -6.85. The summed E-state index contributed by atoms with van der Waals surface area (Å²) in [6.45, 7) is 5.22. The van der Waals surface area contributed by atoms with E-state index in [1.54, 1.807) is 38.1 Å². The summed E-state index contributed by atoms with van der Waals surface area (Å²) in [5.74, 6) is -3.05. The lowest BCUT2D eigenvalue weighted by Gasteiger charge is -2.25. The van der Waals surface area contributed by atoms with Gasteiger partial charge >= 0.3 is 24.1 Å². The Morgan fingerprint density at radius 2 is 1.43 bits per heavy atom. The van der Waals surface area contributed by atoms with E-state index >= 15 is 0 Å². The van der Waals surface area contributed by atoms with E-state index in [1.165, 1.54) is 25.9 Å². The number of urea groups is 1. The summed E-state index contributed by atoms with van der Waals surface area (Å²) in [7, 11) is 2.91. The fourth-order valence-corrected chi connectivity index (χ4v) is 6.71. The molecule has 6 N–H and O–H groups in total. The molecule has 0 aromatic heterocycles. The van der Waals surface area contributed by atoms with Crippen molar-refractivity contribution in [2.24, 2.45) is 16.8 Å². The molecule has 18 nitrogen and oxygen atoms in total. The Morgan fingerprint density at radius 1 is 0.803 bits per heavy atom. The first-order valence-corrected chi connectivity index (χ1v) is 20.0. The van der Waals surface area contributed by atoms with Crippen LogP contribution >= 0.6 is 0 Å². The predicted octanol–water partition coefficient (Wildman–Crippen LogP) is 4.61. The summed E-state index contributed by atoms with van der Waals surface area (Å²) in [5, 5.41) is 13.0. The molecule has 4 rings (SSSR count). The molecular weight excluding hydrogens is 789 g/mol. The molecule has 3 aromatic rings. The summed E-state index contributed by atoms with van der Waals surface area (Å²) < 4.78 is 11.1. The number of alkyl carbamates (subject to hydrolysis) is 1. The molecule has 3 atom stereocenters. The van der Waals surface area contributed by atoms with Crippen molar-refractivity contribution in [1.82, 2.24) is 25.8 Å². The smallest absolute Gasteiger partial charge is 0.409 e. The van der Waals surface area contributed by atoms with Crippen LogP contribution in [0, 0.1) is 10.8 Å². The number of likely N-dealkylation sites (N-methyl/N-ethyl adjacent to an activating group) is 1. The number of amides is 8. The molecule has 1 aliphatic rings. The molecule has 1 unspecified atom stereocenters. The Labute approximate surface area is 354 Å². The topological polar surface area (TPSA) is 248 Å². The Balaban J connectivity index is 1.30. The normalized spacial score (nSPS) is 13.0. The van der Waals surface area contributed by atoms with E-state index in [9.17, 15) is 38.5 Å². The van der Waals surface area contributed by atoms with Crippen LogP contribution < -0.4 is 27.0 Å². The standard InChI is InChI=1S/C43H54N8O10/c1-26(2)37(48-42(57)60-25-34-32-14-8-6-12-30(32)31-13-7-9-15-33(31)34)40(55)47-35(16-10-22-45-41(44)56)39(54)46-29-20-18-28(19-21-29)24-61-43(58)50(4)23-11-17-36(52)51(5)27(3)38(53)49-59/h6-9,12-15,18-21,26-27,34-35,37H,10-11,16-17,22-25H2,1-5H3,(H,46,54)(H,47,55)(H,48,57)(H3,44,45,56)/t27-,35-,37?/m0/s1. The number of nitrogens with two attached hydrogens (primary N) is 1. The lowest BCUT2D eigenvalue weighted by molar-refractivity contribution is -0.137. The van der Waals surface area contributed by atoms with Crippen LogP contribution in [0.1, 0.15) is 69.1 Å². The van der Waals surface area contributed by atoms with E-state index in [1.807, 2.05) is 48.5 Å². The molecule has 0 saturated carbocycles. The second kappa shape index (κ2) is 22.5. The molecule has 0 aliphatic heterocycles. The van der Waals surface area contributed by atoms with E-state index in [4.69, 9.17) is 15.2 Å². The number of ether oxygens (including phenoxy) is 2. The van der Waals surface area contributed by atoms with Crippen molar-refractivity contribution in [2.75, 3.05) is 39.1 Å². The van der Waals surface area contributed by atoms with E-state index in [2.05, 4.69) is 26.4 Å². The third kappa shape index (κ3) is 13.3. The number of benzene rings is 3. The molecule has 1 aliphatic carbocycles. The third-order valence-electron chi connectivity index (χ3n) is 10.4. The number of nitrogens with one attached hydrogen (secondary N) is 4. The number of fused-ring (bicyclic) bond motifs is 3. The van der Waals surface area contributed by atoms with Crippen LogP contribution in [0.25, 0.3) is 11.1 Å². The largest absolute Gasteiger partial charge is 0.449 e. The number of carbonyl (C=O) groups is 7. The number of nitroso groups, excluding NO2 is 1. The van der Waals surface area contributed by atoms with Gasteiger partial charge in [0.1, 0.15) is 31.3 Å². The zero-order valence-corrected chi connectivity index (χ0v) is 35.0. The molecule has 0 bridgehead atoms. The molecule has 61 heavy (non-hydrogen) atoms. The van der Waals surface area contributed by atoms with Gasteiger partial charge in [0, 0.05) is 50.4 Å². The Bertz CT molecular complexity index is 2010. The quantitative estimate of drug-likeness (QED) is 0.0781. The molecule has 0 fully saturated rings. The van der Waals surface area contributed by atoms with Crippen molar-refractivity contribution in [3.8, 4) is 11.1 Å². The molecule has 18 heteroatoms. The summed E-state index contributed by atoms with van der Waals surface area (Å²) >= 11 is 0. The summed E-state index contributed by atoms with van der Waals surface area (Å²) in [6.07, 6.45) is -0.688. The lowest BCUT2D eigenvalue weighted by Crippen LogP contribution is -2.54. The van der Waals surface area contributed by atoms with Gasteiger partial charge in [-0.15, -0.1) is 4.91 Å². The van der Waals surface area contributed by atoms with Gasteiger partial charge in [-0.3, -0.25) is 19.2 Å². The first-order valence-electron chi connectivity index (χ1n) is 20.0. The van der Waals surface area contributed by atoms with Crippen molar-refractivity contribution in [3.05, 3.63) is 94.4 Å². The fraction of sp³-hybridized carbons (Fsp3) is 0.419. The molecule has 8 amide bonds. The van der Waals surface area contributed by atoms with Crippen molar-refractivity contribution in [3.63, 3.8) is 0 Å². The average Bonchev–Trinajstić information content (AvgIpc) is 3.57. The summed E-state index contributed by atoms with van der Waals surface area (Å²) in [5.41, 5.74) is 10.4. The highest BCUT2D eigenvalue weighted by molar-refractivity contribution is 5.98. The number of rotatable bonds is 20. The first-order chi connectivity index (χ1) is 29.1. The number of carbonyl (C=O) groups excluding carboxylic acids is 7. The van der Waals surface area contributed by atoms with E-state index in [0.717, 1.165) is 27.2 Å². The molecule has 0 radical (unpaired) electrons. The van der Waals surface area contributed by atoms with Crippen molar-refractivity contribution >= 4 is 47.5 Å². The maximum absolute atomic E-state index is 13.7. The maximum atomic E-state index is 13.7. The van der Waals surface area contributed by atoms with Gasteiger partial charge < -0.3 is 46.3 Å². The Morgan fingerprint density at radius 3 is 2.02 bits per heavy atom. The van der Waals surface area contributed by atoms with Gasteiger partial charge in [0.15, 0.2) is 0 Å². The zero-order chi connectivity index (χ0) is 44.6. The van der Waals surface area contributed by atoms with Gasteiger partial charge in [0.2, 0.25) is 17.7 Å².